The normalized spacial score (nSPS) is 15.7. The molecule has 122 valence electrons. The number of hydrogen-bond donors (Lipinski definition) is 0. The molecule has 0 saturated carbocycles. The largest absolute Gasteiger partial charge is 0.379 e. The van der Waals surface area contributed by atoms with Crippen molar-refractivity contribution in [3.8, 4) is 0 Å². The van der Waals surface area contributed by atoms with Crippen LogP contribution in [0.5, 0.6) is 0 Å². The molecule has 2 aromatic rings. The molecule has 7 heteroatoms. The number of aromatic nitrogens is 3. The van der Waals surface area contributed by atoms with Crippen LogP contribution in [0, 0.1) is 5.82 Å². The van der Waals surface area contributed by atoms with Crippen LogP contribution in [0.15, 0.2) is 30.5 Å². The molecule has 0 radical (unpaired) electrons. The number of ketones is 1. The minimum Gasteiger partial charge on any atom is -0.379 e. The maximum atomic E-state index is 12.9. The van der Waals surface area contributed by atoms with Gasteiger partial charge in [-0.3, -0.25) is 9.69 Å². The van der Waals surface area contributed by atoms with E-state index in [1.165, 1.54) is 28.9 Å². The number of carbonyl (C=O) groups is 1. The number of carbonyl (C=O) groups excluding carboxylic acids is 1. The second-order valence-electron chi connectivity index (χ2n) is 5.54. The lowest BCUT2D eigenvalue weighted by Crippen LogP contribution is -2.37. The summed E-state index contributed by atoms with van der Waals surface area (Å²) in [6, 6.07) is 5.52. The Bertz CT molecular complexity index is 650. The molecule has 2 heterocycles. The third-order valence-corrected chi connectivity index (χ3v) is 3.85. The van der Waals surface area contributed by atoms with Gasteiger partial charge in [0.1, 0.15) is 12.4 Å². The van der Waals surface area contributed by atoms with Gasteiger partial charge in [0, 0.05) is 37.8 Å². The number of halogens is 1. The fraction of sp³-hybridized carbons (Fsp3) is 0.438. The Labute approximate surface area is 133 Å². The second kappa shape index (κ2) is 7.43. The van der Waals surface area contributed by atoms with Crippen LogP contribution in [0.1, 0.15) is 16.1 Å². The molecule has 1 aliphatic rings. The molecule has 0 unspecified atom stereocenters. The summed E-state index contributed by atoms with van der Waals surface area (Å²) in [5, 5.41) is 8.10. The molecule has 0 spiro atoms. The van der Waals surface area contributed by atoms with Gasteiger partial charge in [0.05, 0.1) is 18.9 Å². The first-order valence-corrected chi connectivity index (χ1v) is 7.68. The molecule has 1 aromatic heterocycles. The summed E-state index contributed by atoms with van der Waals surface area (Å²) >= 11 is 0. The van der Waals surface area contributed by atoms with E-state index in [0.29, 0.717) is 5.56 Å². The lowest BCUT2D eigenvalue weighted by molar-refractivity contribution is 0.0383. The highest BCUT2D eigenvalue weighted by molar-refractivity contribution is 5.95. The summed E-state index contributed by atoms with van der Waals surface area (Å²) in [5.74, 6) is -0.470. The Kier molecular flexibility index (Phi) is 5.09. The molecule has 0 bridgehead atoms. The van der Waals surface area contributed by atoms with Crippen molar-refractivity contribution in [1.82, 2.24) is 19.9 Å². The molecule has 6 nitrogen and oxygen atoms in total. The van der Waals surface area contributed by atoms with E-state index in [1.54, 1.807) is 6.20 Å². The van der Waals surface area contributed by atoms with Crippen LogP contribution in [-0.2, 0) is 17.7 Å². The van der Waals surface area contributed by atoms with Crippen LogP contribution in [-0.4, -0.2) is 58.5 Å². The zero-order valence-electron chi connectivity index (χ0n) is 12.8. The molecule has 0 aliphatic carbocycles. The van der Waals surface area contributed by atoms with E-state index < -0.39 is 0 Å². The highest BCUT2D eigenvalue weighted by atomic mass is 19.1. The monoisotopic (exact) mass is 318 g/mol. The van der Waals surface area contributed by atoms with Gasteiger partial charge < -0.3 is 4.74 Å². The minimum atomic E-state index is -0.354. The standard InChI is InChI=1S/C16H19FN4O2/c17-14-3-1-13(2-4-14)16(22)12-21-11-15(18-19-21)5-6-20-7-9-23-10-8-20/h1-4,11H,5-10,12H2. The van der Waals surface area contributed by atoms with Crippen LogP contribution in [0.3, 0.4) is 0 Å². The fourth-order valence-corrected chi connectivity index (χ4v) is 2.50. The topological polar surface area (TPSA) is 60.2 Å². The van der Waals surface area contributed by atoms with Gasteiger partial charge >= 0.3 is 0 Å². The number of Topliss-reactive ketones (excluding diaryl/α,β-unsaturated/α-hetero) is 1. The number of morpholine rings is 1. The van der Waals surface area contributed by atoms with E-state index in [-0.39, 0.29) is 18.1 Å². The van der Waals surface area contributed by atoms with Crippen LogP contribution in [0.2, 0.25) is 0 Å². The summed E-state index contributed by atoms with van der Waals surface area (Å²) in [6.45, 7) is 4.45. The lowest BCUT2D eigenvalue weighted by Gasteiger charge is -2.25. The van der Waals surface area contributed by atoms with Gasteiger partial charge in [-0.2, -0.15) is 0 Å². The molecule has 23 heavy (non-hydrogen) atoms. The van der Waals surface area contributed by atoms with E-state index in [0.717, 1.165) is 45.0 Å². The van der Waals surface area contributed by atoms with Crippen molar-refractivity contribution in [2.75, 3.05) is 32.8 Å². The first kappa shape index (κ1) is 15.8. The Balaban J connectivity index is 1.52. The van der Waals surface area contributed by atoms with Crippen LogP contribution in [0.25, 0.3) is 0 Å². The number of nitrogens with zero attached hydrogens (tertiary/aromatic N) is 4. The number of hydrogen-bond acceptors (Lipinski definition) is 5. The Morgan fingerprint density at radius 1 is 1.22 bits per heavy atom. The summed E-state index contributed by atoms with van der Waals surface area (Å²) in [6.07, 6.45) is 2.59. The van der Waals surface area contributed by atoms with Crippen molar-refractivity contribution >= 4 is 5.78 Å². The Hall–Kier alpha value is -2.12. The van der Waals surface area contributed by atoms with Crippen molar-refractivity contribution < 1.29 is 13.9 Å². The summed E-state index contributed by atoms with van der Waals surface area (Å²) in [5.41, 5.74) is 1.33. The van der Waals surface area contributed by atoms with Crippen molar-refractivity contribution in [2.24, 2.45) is 0 Å². The van der Waals surface area contributed by atoms with Crippen LogP contribution >= 0.6 is 0 Å². The van der Waals surface area contributed by atoms with E-state index in [1.807, 2.05) is 0 Å². The van der Waals surface area contributed by atoms with Gasteiger partial charge in [0.2, 0.25) is 0 Å². The quantitative estimate of drug-likeness (QED) is 0.749. The average molecular weight is 318 g/mol. The van der Waals surface area contributed by atoms with Crippen molar-refractivity contribution in [3.63, 3.8) is 0 Å². The highest BCUT2D eigenvalue weighted by Gasteiger charge is 2.12. The van der Waals surface area contributed by atoms with E-state index >= 15 is 0 Å². The van der Waals surface area contributed by atoms with E-state index in [2.05, 4.69) is 15.2 Å². The molecule has 1 aromatic carbocycles. The predicted molar refractivity (Wildman–Crippen MR) is 81.7 cm³/mol. The molecule has 1 aliphatic heterocycles. The second-order valence-corrected chi connectivity index (χ2v) is 5.54. The zero-order chi connectivity index (χ0) is 16.1. The van der Waals surface area contributed by atoms with E-state index in [4.69, 9.17) is 4.74 Å². The first-order valence-electron chi connectivity index (χ1n) is 7.68. The molecular weight excluding hydrogens is 299 g/mol. The predicted octanol–water partition coefficient (Wildman–Crippen LogP) is 1.17. The SMILES string of the molecule is O=C(Cn1cc(CCN2CCOCC2)nn1)c1ccc(F)cc1. The van der Waals surface area contributed by atoms with E-state index in [9.17, 15) is 9.18 Å². The van der Waals surface area contributed by atoms with Gasteiger partial charge in [-0.1, -0.05) is 5.21 Å². The summed E-state index contributed by atoms with van der Waals surface area (Å²) in [4.78, 5) is 14.4. The highest BCUT2D eigenvalue weighted by Crippen LogP contribution is 2.06. The minimum absolute atomic E-state index is 0.107. The molecule has 0 atom stereocenters. The lowest BCUT2D eigenvalue weighted by atomic mass is 10.1. The van der Waals surface area contributed by atoms with Gasteiger partial charge in [-0.15, -0.1) is 5.10 Å². The van der Waals surface area contributed by atoms with Gasteiger partial charge in [0.25, 0.3) is 0 Å². The molecule has 1 fully saturated rings. The first-order chi connectivity index (χ1) is 11.2. The average Bonchev–Trinajstić information content (AvgIpc) is 3.02. The van der Waals surface area contributed by atoms with Crippen molar-refractivity contribution in [3.05, 3.63) is 47.5 Å². The number of rotatable bonds is 6. The van der Waals surface area contributed by atoms with Crippen LogP contribution < -0.4 is 0 Å². The Morgan fingerprint density at radius 2 is 1.96 bits per heavy atom. The fourth-order valence-electron chi connectivity index (χ4n) is 2.50. The van der Waals surface area contributed by atoms with Gasteiger partial charge in [-0.05, 0) is 24.3 Å². The summed E-state index contributed by atoms with van der Waals surface area (Å²) < 4.78 is 19.7. The molecule has 0 N–H and O–H groups in total. The number of ether oxygens (including phenoxy) is 1. The maximum absolute atomic E-state index is 12.9. The van der Waals surface area contributed by atoms with Crippen molar-refractivity contribution in [1.29, 1.82) is 0 Å². The third kappa shape index (κ3) is 4.43. The molecule has 0 amide bonds. The number of benzene rings is 1. The maximum Gasteiger partial charge on any atom is 0.184 e. The smallest absolute Gasteiger partial charge is 0.184 e. The molecular formula is C16H19FN4O2. The van der Waals surface area contributed by atoms with Crippen molar-refractivity contribution in [2.45, 2.75) is 13.0 Å². The van der Waals surface area contributed by atoms with Crippen LogP contribution in [0.4, 0.5) is 4.39 Å². The Morgan fingerprint density at radius 3 is 2.70 bits per heavy atom. The molecule has 3 rings (SSSR count). The van der Waals surface area contributed by atoms with Gasteiger partial charge in [-0.25, -0.2) is 9.07 Å². The summed E-state index contributed by atoms with van der Waals surface area (Å²) in [7, 11) is 0. The third-order valence-electron chi connectivity index (χ3n) is 3.85. The van der Waals surface area contributed by atoms with Gasteiger partial charge in [0.15, 0.2) is 5.78 Å². The molecule has 1 saturated heterocycles. The zero-order valence-corrected chi connectivity index (χ0v) is 12.8.